The zero-order valence-corrected chi connectivity index (χ0v) is 14.1. The van der Waals surface area contributed by atoms with Crippen LogP contribution >= 0.6 is 15.9 Å². The van der Waals surface area contributed by atoms with Crippen molar-refractivity contribution < 1.29 is 13.9 Å². The number of carbonyl (C=O) groups excluding carboxylic acids is 1. The fourth-order valence-electron chi connectivity index (χ4n) is 2.45. The summed E-state index contributed by atoms with van der Waals surface area (Å²) >= 11 is 3.39. The molecule has 2 aromatic rings. The predicted molar refractivity (Wildman–Crippen MR) is 90.5 cm³/mol. The molecule has 5 heteroatoms. The predicted octanol–water partition coefficient (Wildman–Crippen LogP) is 4.02. The number of benzene rings is 2. The van der Waals surface area contributed by atoms with Gasteiger partial charge in [0.05, 0.1) is 5.57 Å². The first kappa shape index (κ1) is 15.7. The van der Waals surface area contributed by atoms with Crippen LogP contribution in [0.2, 0.25) is 0 Å². The topological polar surface area (TPSA) is 29.5 Å². The molecule has 3 rings (SSSR count). The molecular formula is C18H15BrFNO2. The van der Waals surface area contributed by atoms with Gasteiger partial charge in [0.25, 0.3) is 5.91 Å². The van der Waals surface area contributed by atoms with Gasteiger partial charge < -0.3 is 9.64 Å². The average Bonchev–Trinajstić information content (AvgIpc) is 2.55. The van der Waals surface area contributed by atoms with Gasteiger partial charge in [0, 0.05) is 23.6 Å². The Labute approximate surface area is 142 Å². The zero-order valence-electron chi connectivity index (χ0n) is 12.6. The Bertz CT molecular complexity index is 771. The van der Waals surface area contributed by atoms with E-state index < -0.39 is 0 Å². The van der Waals surface area contributed by atoms with Gasteiger partial charge in [-0.3, -0.25) is 4.79 Å². The van der Waals surface area contributed by atoms with E-state index in [9.17, 15) is 9.18 Å². The number of hydrogen-bond acceptors (Lipinski definition) is 2. The van der Waals surface area contributed by atoms with Gasteiger partial charge in [-0.2, -0.15) is 0 Å². The number of ether oxygens (including phenoxy) is 1. The van der Waals surface area contributed by atoms with Crippen molar-refractivity contribution in [3.63, 3.8) is 0 Å². The number of carbonyl (C=O) groups is 1. The molecule has 1 aliphatic heterocycles. The Balaban J connectivity index is 1.76. The van der Waals surface area contributed by atoms with E-state index in [4.69, 9.17) is 4.74 Å². The molecular weight excluding hydrogens is 361 g/mol. The molecule has 118 valence electrons. The monoisotopic (exact) mass is 375 g/mol. The smallest absolute Gasteiger partial charge is 0.253 e. The number of rotatable bonds is 3. The molecule has 0 aromatic heterocycles. The van der Waals surface area contributed by atoms with Crippen molar-refractivity contribution in [3.05, 3.63) is 69.5 Å². The van der Waals surface area contributed by atoms with Crippen LogP contribution in [0.4, 0.5) is 4.39 Å². The van der Waals surface area contributed by atoms with Crippen molar-refractivity contribution in [3.8, 4) is 5.75 Å². The second kappa shape index (κ2) is 6.54. The fraction of sp³-hybridized carbons (Fsp3) is 0.167. The molecule has 0 saturated heterocycles. The summed E-state index contributed by atoms with van der Waals surface area (Å²) in [7, 11) is 1.74. The molecule has 1 amide bonds. The van der Waals surface area contributed by atoms with Crippen LogP contribution in [0.15, 0.2) is 52.5 Å². The van der Waals surface area contributed by atoms with Gasteiger partial charge in [-0.25, -0.2) is 4.39 Å². The van der Waals surface area contributed by atoms with Gasteiger partial charge in [-0.05, 0) is 42.0 Å². The molecule has 23 heavy (non-hydrogen) atoms. The minimum absolute atomic E-state index is 0.122. The number of likely N-dealkylation sites (N-methyl/N-ethyl adjacent to an activating group) is 1. The Morgan fingerprint density at radius 1 is 1.26 bits per heavy atom. The Hall–Kier alpha value is -2.14. The van der Waals surface area contributed by atoms with E-state index in [1.807, 2.05) is 24.3 Å². The summed E-state index contributed by atoms with van der Waals surface area (Å²) in [5, 5.41) is 0. The van der Waals surface area contributed by atoms with Crippen LogP contribution in [0, 0.1) is 5.82 Å². The van der Waals surface area contributed by atoms with E-state index in [2.05, 4.69) is 15.9 Å². The molecule has 0 spiro atoms. The highest BCUT2D eigenvalue weighted by molar-refractivity contribution is 9.10. The molecule has 0 atom stereocenters. The van der Waals surface area contributed by atoms with Crippen LogP contribution in [-0.2, 0) is 11.3 Å². The fourth-order valence-corrected chi connectivity index (χ4v) is 2.72. The third-order valence-electron chi connectivity index (χ3n) is 3.64. The van der Waals surface area contributed by atoms with Crippen LogP contribution in [0.25, 0.3) is 6.08 Å². The Morgan fingerprint density at radius 3 is 2.74 bits per heavy atom. The maximum Gasteiger partial charge on any atom is 0.253 e. The van der Waals surface area contributed by atoms with Gasteiger partial charge in [0.1, 0.15) is 18.2 Å². The van der Waals surface area contributed by atoms with Gasteiger partial charge in [0.2, 0.25) is 0 Å². The highest BCUT2D eigenvalue weighted by Crippen LogP contribution is 2.27. The van der Waals surface area contributed by atoms with Gasteiger partial charge >= 0.3 is 0 Å². The van der Waals surface area contributed by atoms with E-state index in [0.29, 0.717) is 23.4 Å². The van der Waals surface area contributed by atoms with E-state index in [0.717, 1.165) is 10.0 Å². The van der Waals surface area contributed by atoms with Crippen molar-refractivity contribution in [2.75, 3.05) is 13.7 Å². The molecule has 2 aromatic carbocycles. The molecule has 0 radical (unpaired) electrons. The minimum atomic E-state index is -0.347. The molecule has 0 saturated carbocycles. The lowest BCUT2D eigenvalue weighted by atomic mass is 10.1. The quantitative estimate of drug-likeness (QED) is 0.810. The highest BCUT2D eigenvalue weighted by atomic mass is 79.9. The van der Waals surface area contributed by atoms with Gasteiger partial charge in [-0.15, -0.1) is 0 Å². The second-order valence-electron chi connectivity index (χ2n) is 5.43. The number of nitrogens with zero attached hydrogens (tertiary/aromatic N) is 1. The summed E-state index contributed by atoms with van der Waals surface area (Å²) < 4.78 is 19.9. The summed E-state index contributed by atoms with van der Waals surface area (Å²) in [6, 6.07) is 12.1. The molecule has 0 unspecified atom stereocenters. The summed E-state index contributed by atoms with van der Waals surface area (Å²) in [4.78, 5) is 14.2. The second-order valence-corrected chi connectivity index (χ2v) is 6.34. The van der Waals surface area contributed by atoms with Crippen LogP contribution in [-0.4, -0.2) is 24.5 Å². The largest absolute Gasteiger partial charge is 0.488 e. The van der Waals surface area contributed by atoms with Gasteiger partial charge in [0.15, 0.2) is 0 Å². The molecule has 1 aliphatic rings. The lowest BCUT2D eigenvalue weighted by Gasteiger charge is -2.22. The SMILES string of the molecule is CN(Cc1ccc(Br)cc1)C(=O)C1=Cc2cc(F)ccc2OC1. The van der Waals surface area contributed by atoms with Crippen molar-refractivity contribution >= 4 is 27.9 Å². The summed E-state index contributed by atoms with van der Waals surface area (Å²) in [6.45, 7) is 0.696. The normalized spacial score (nSPS) is 12.9. The van der Waals surface area contributed by atoms with Crippen molar-refractivity contribution in [1.82, 2.24) is 4.90 Å². The van der Waals surface area contributed by atoms with Crippen molar-refractivity contribution in [1.29, 1.82) is 0 Å². The van der Waals surface area contributed by atoms with Crippen molar-refractivity contribution in [2.45, 2.75) is 6.54 Å². The summed E-state index contributed by atoms with van der Waals surface area (Å²) in [6.07, 6.45) is 1.70. The summed E-state index contributed by atoms with van der Waals surface area (Å²) in [5.41, 5.74) is 2.15. The maximum atomic E-state index is 13.3. The highest BCUT2D eigenvalue weighted by Gasteiger charge is 2.20. The van der Waals surface area contributed by atoms with Crippen LogP contribution < -0.4 is 4.74 Å². The Morgan fingerprint density at radius 2 is 2.00 bits per heavy atom. The first-order valence-electron chi connectivity index (χ1n) is 7.16. The average molecular weight is 376 g/mol. The molecule has 1 heterocycles. The first-order chi connectivity index (χ1) is 11.0. The number of fused-ring (bicyclic) bond motifs is 1. The number of amides is 1. The first-order valence-corrected chi connectivity index (χ1v) is 7.95. The van der Waals surface area contributed by atoms with Crippen LogP contribution in [0.1, 0.15) is 11.1 Å². The molecule has 0 bridgehead atoms. The van der Waals surface area contributed by atoms with Gasteiger partial charge in [-0.1, -0.05) is 28.1 Å². The lowest BCUT2D eigenvalue weighted by molar-refractivity contribution is -0.126. The van der Waals surface area contributed by atoms with E-state index >= 15 is 0 Å². The number of hydrogen-bond donors (Lipinski definition) is 0. The third-order valence-corrected chi connectivity index (χ3v) is 4.17. The van der Waals surface area contributed by atoms with Crippen LogP contribution in [0.3, 0.4) is 0 Å². The standard InChI is InChI=1S/C18H15BrFNO2/c1-21(10-12-2-4-15(19)5-3-12)18(22)14-8-13-9-16(20)6-7-17(13)23-11-14/h2-9H,10-11H2,1H3. The molecule has 0 N–H and O–H groups in total. The van der Waals surface area contributed by atoms with E-state index in [1.165, 1.54) is 12.1 Å². The lowest BCUT2D eigenvalue weighted by Crippen LogP contribution is -2.30. The van der Waals surface area contributed by atoms with Crippen molar-refractivity contribution in [2.24, 2.45) is 0 Å². The molecule has 0 fully saturated rings. The number of halogens is 2. The third kappa shape index (κ3) is 3.62. The van der Waals surface area contributed by atoms with E-state index in [-0.39, 0.29) is 18.3 Å². The van der Waals surface area contributed by atoms with Crippen LogP contribution in [0.5, 0.6) is 5.75 Å². The van der Waals surface area contributed by atoms with E-state index in [1.54, 1.807) is 24.1 Å². The Kier molecular flexibility index (Phi) is 4.48. The molecule has 0 aliphatic carbocycles. The maximum absolute atomic E-state index is 13.3. The zero-order chi connectivity index (χ0) is 16.4. The molecule has 3 nitrogen and oxygen atoms in total. The minimum Gasteiger partial charge on any atom is -0.488 e. The summed E-state index contributed by atoms with van der Waals surface area (Å²) in [5.74, 6) is 0.127.